The molecule has 0 aliphatic heterocycles. The number of hydrogen-bond acceptors (Lipinski definition) is 7. The van der Waals surface area contributed by atoms with E-state index in [1.54, 1.807) is 12.1 Å². The Balaban J connectivity index is 1.21. The largest absolute Gasteiger partial charge is 0.456 e. The number of hydrogen-bond donors (Lipinski definition) is 0. The first-order chi connectivity index (χ1) is 24.7. The number of halogens is 1. The first kappa shape index (κ1) is 29.2. The Morgan fingerprint density at radius 1 is 0.340 bits per heavy atom. The van der Waals surface area contributed by atoms with E-state index in [-0.39, 0.29) is 11.4 Å². The number of para-hydroxylation sites is 1. The Hall–Kier alpha value is -6.93. The molecule has 7 nitrogen and oxygen atoms in total. The van der Waals surface area contributed by atoms with Crippen molar-refractivity contribution in [2.45, 2.75) is 0 Å². The number of fused-ring (bicyclic) bond motifs is 3. The van der Waals surface area contributed by atoms with Crippen LogP contribution < -0.4 is 0 Å². The lowest BCUT2D eigenvalue weighted by atomic mass is 10.1. The molecule has 0 aliphatic carbocycles. The molecule has 0 unspecified atom stereocenters. The van der Waals surface area contributed by atoms with E-state index in [0.717, 1.165) is 33.0 Å². The van der Waals surface area contributed by atoms with Gasteiger partial charge in [-0.05, 0) is 36.4 Å². The summed E-state index contributed by atoms with van der Waals surface area (Å²) in [4.78, 5) is 28.9. The van der Waals surface area contributed by atoms with E-state index in [9.17, 15) is 0 Å². The van der Waals surface area contributed by atoms with Crippen LogP contribution in [0.2, 0.25) is 0 Å². The Morgan fingerprint density at radius 3 is 1.32 bits per heavy atom. The van der Waals surface area contributed by atoms with Crippen molar-refractivity contribution in [2.24, 2.45) is 0 Å². The molecule has 0 amide bonds. The summed E-state index contributed by atoms with van der Waals surface area (Å²) in [5, 5.41) is 2.01. The highest BCUT2D eigenvalue weighted by molar-refractivity contribution is 6.05. The maximum Gasteiger partial charge on any atom is 0.167 e. The second kappa shape index (κ2) is 12.3. The zero-order chi connectivity index (χ0) is 33.4. The molecule has 9 aromatic rings. The number of furan rings is 1. The Bertz CT molecular complexity index is 2610. The van der Waals surface area contributed by atoms with Crippen molar-refractivity contribution in [1.82, 2.24) is 29.9 Å². The zero-order valence-electron chi connectivity index (χ0n) is 26.4. The number of benzene rings is 6. The molecule has 0 N–H and O–H groups in total. The summed E-state index contributed by atoms with van der Waals surface area (Å²) in [7, 11) is 0. The van der Waals surface area contributed by atoms with Gasteiger partial charge in [-0.1, -0.05) is 115 Å². The zero-order valence-corrected chi connectivity index (χ0v) is 26.4. The highest BCUT2D eigenvalue weighted by Gasteiger charge is 2.19. The predicted molar refractivity (Wildman–Crippen MR) is 193 cm³/mol. The smallest absolute Gasteiger partial charge is 0.167 e. The number of aromatic nitrogens is 6. The summed E-state index contributed by atoms with van der Waals surface area (Å²) in [6.45, 7) is 0. The molecule has 0 bridgehead atoms. The quantitative estimate of drug-likeness (QED) is 0.177. The SMILES string of the molecule is Fc1ccc(-c2nc(-c3ccccc3)nc(-c3ccccc3)n2)cc1-c1nc(-c2ccccc2)nc(-c2ccc3c(c2)oc2ccccc23)n1. The van der Waals surface area contributed by atoms with Crippen LogP contribution in [0.4, 0.5) is 4.39 Å². The molecule has 50 heavy (non-hydrogen) atoms. The fraction of sp³-hybridized carbons (Fsp3) is 0. The summed E-state index contributed by atoms with van der Waals surface area (Å²) < 4.78 is 22.0. The van der Waals surface area contributed by atoms with E-state index < -0.39 is 5.82 Å². The highest BCUT2D eigenvalue weighted by atomic mass is 19.1. The summed E-state index contributed by atoms with van der Waals surface area (Å²) in [6, 6.07) is 47.5. The third kappa shape index (κ3) is 5.44. The minimum Gasteiger partial charge on any atom is -0.456 e. The molecule has 6 aromatic carbocycles. The standard InChI is InChI=1S/C42H25FN6O/c43-34-23-21-29(40-45-37(26-12-4-1-5-13-26)44-38(46-40)27-14-6-2-7-15-27)24-33(34)42-48-39(28-16-8-3-9-17-28)47-41(49-42)30-20-22-32-31-18-10-11-19-35(31)50-36(32)25-30/h1-25H. The average molecular weight is 649 g/mol. The number of nitrogens with zero attached hydrogens (tertiary/aromatic N) is 6. The second-order valence-electron chi connectivity index (χ2n) is 11.7. The van der Waals surface area contributed by atoms with Gasteiger partial charge in [-0.3, -0.25) is 0 Å². The molecule has 0 spiro atoms. The molecule has 0 saturated heterocycles. The Labute approximate surface area is 285 Å². The van der Waals surface area contributed by atoms with Gasteiger partial charge in [0.15, 0.2) is 34.9 Å². The third-order valence-corrected chi connectivity index (χ3v) is 8.47. The summed E-state index contributed by atoms with van der Waals surface area (Å²) in [6.07, 6.45) is 0. The molecule has 0 saturated carbocycles. The van der Waals surface area contributed by atoms with Gasteiger partial charge in [-0.2, -0.15) is 0 Å². The van der Waals surface area contributed by atoms with Crippen LogP contribution in [-0.4, -0.2) is 29.9 Å². The molecular formula is C42H25FN6O. The van der Waals surface area contributed by atoms with Crippen LogP contribution in [0, 0.1) is 5.82 Å². The lowest BCUT2D eigenvalue weighted by Crippen LogP contribution is -2.03. The molecule has 8 heteroatoms. The van der Waals surface area contributed by atoms with Gasteiger partial charge in [0.1, 0.15) is 17.0 Å². The van der Waals surface area contributed by atoms with E-state index in [4.69, 9.17) is 34.3 Å². The van der Waals surface area contributed by atoms with Gasteiger partial charge in [0.25, 0.3) is 0 Å². The second-order valence-corrected chi connectivity index (χ2v) is 11.7. The first-order valence-electron chi connectivity index (χ1n) is 16.1. The van der Waals surface area contributed by atoms with Crippen molar-refractivity contribution in [3.8, 4) is 68.3 Å². The summed E-state index contributed by atoms with van der Waals surface area (Å²) in [5.41, 5.74) is 5.45. The van der Waals surface area contributed by atoms with Gasteiger partial charge >= 0.3 is 0 Å². The lowest BCUT2D eigenvalue weighted by Gasteiger charge is -2.11. The fourth-order valence-electron chi connectivity index (χ4n) is 5.98. The van der Waals surface area contributed by atoms with Gasteiger partial charge in [0.05, 0.1) is 5.56 Å². The van der Waals surface area contributed by atoms with Crippen molar-refractivity contribution >= 4 is 21.9 Å². The molecule has 0 fully saturated rings. The molecular weight excluding hydrogens is 624 g/mol. The van der Waals surface area contributed by atoms with E-state index in [1.165, 1.54) is 6.07 Å². The van der Waals surface area contributed by atoms with Crippen molar-refractivity contribution < 1.29 is 8.81 Å². The van der Waals surface area contributed by atoms with Gasteiger partial charge in [0.2, 0.25) is 0 Å². The van der Waals surface area contributed by atoms with Crippen molar-refractivity contribution in [3.05, 3.63) is 157 Å². The molecule has 3 aromatic heterocycles. The molecule has 236 valence electrons. The molecule has 9 rings (SSSR count). The summed E-state index contributed by atoms with van der Waals surface area (Å²) >= 11 is 0. The first-order valence-corrected chi connectivity index (χ1v) is 16.1. The lowest BCUT2D eigenvalue weighted by molar-refractivity contribution is 0.630. The van der Waals surface area contributed by atoms with Crippen LogP contribution in [0.5, 0.6) is 0 Å². The van der Waals surface area contributed by atoms with Crippen molar-refractivity contribution in [3.63, 3.8) is 0 Å². The minimum absolute atomic E-state index is 0.179. The molecule has 3 heterocycles. The van der Waals surface area contributed by atoms with Gasteiger partial charge < -0.3 is 4.42 Å². The van der Waals surface area contributed by atoms with E-state index in [1.807, 2.05) is 133 Å². The maximum atomic E-state index is 15.9. The van der Waals surface area contributed by atoms with Crippen LogP contribution >= 0.6 is 0 Å². The van der Waals surface area contributed by atoms with Crippen molar-refractivity contribution in [1.29, 1.82) is 0 Å². The minimum atomic E-state index is -0.488. The van der Waals surface area contributed by atoms with E-state index in [0.29, 0.717) is 45.8 Å². The van der Waals surface area contributed by atoms with E-state index in [2.05, 4.69) is 0 Å². The summed E-state index contributed by atoms with van der Waals surface area (Å²) in [5.74, 6) is 1.91. The Kier molecular flexibility index (Phi) is 7.17. The topological polar surface area (TPSA) is 90.5 Å². The predicted octanol–water partition coefficient (Wildman–Crippen LogP) is 10.1. The molecule has 0 radical (unpaired) electrons. The van der Waals surface area contributed by atoms with Gasteiger partial charge in [0, 0.05) is 38.6 Å². The number of rotatable bonds is 6. The third-order valence-electron chi connectivity index (χ3n) is 8.47. The van der Waals surface area contributed by atoms with Gasteiger partial charge in [-0.25, -0.2) is 34.3 Å². The normalized spacial score (nSPS) is 11.3. The molecule has 0 atom stereocenters. The maximum absolute atomic E-state index is 15.9. The highest BCUT2D eigenvalue weighted by Crippen LogP contribution is 2.34. The van der Waals surface area contributed by atoms with Gasteiger partial charge in [-0.15, -0.1) is 0 Å². The van der Waals surface area contributed by atoms with Crippen LogP contribution in [0.3, 0.4) is 0 Å². The van der Waals surface area contributed by atoms with E-state index >= 15 is 4.39 Å². The Morgan fingerprint density at radius 2 is 0.760 bits per heavy atom. The fourth-order valence-corrected chi connectivity index (χ4v) is 5.98. The van der Waals surface area contributed by atoms with Crippen LogP contribution in [0.1, 0.15) is 0 Å². The van der Waals surface area contributed by atoms with Crippen LogP contribution in [0.15, 0.2) is 156 Å². The molecule has 0 aliphatic rings. The van der Waals surface area contributed by atoms with Crippen molar-refractivity contribution in [2.75, 3.05) is 0 Å². The van der Waals surface area contributed by atoms with Crippen LogP contribution in [0.25, 0.3) is 90.3 Å². The average Bonchev–Trinajstić information content (AvgIpc) is 3.57. The monoisotopic (exact) mass is 648 g/mol. The van der Waals surface area contributed by atoms with Crippen LogP contribution in [-0.2, 0) is 0 Å².